The van der Waals surface area contributed by atoms with E-state index in [1.807, 2.05) is 18.2 Å². The number of rotatable bonds is 2. The highest BCUT2D eigenvalue weighted by atomic mass is 79.9. The van der Waals surface area contributed by atoms with Gasteiger partial charge in [0, 0.05) is 20.4 Å². The Morgan fingerprint density at radius 2 is 1.85 bits per heavy atom. The fourth-order valence-corrected chi connectivity index (χ4v) is 3.06. The van der Waals surface area contributed by atoms with Crippen molar-refractivity contribution in [1.82, 2.24) is 0 Å². The first kappa shape index (κ1) is 14.0. The van der Waals surface area contributed by atoms with Gasteiger partial charge in [0.1, 0.15) is 11.9 Å². The molecule has 0 amide bonds. The Balaban J connectivity index is 2.08. The van der Waals surface area contributed by atoms with Gasteiger partial charge in [-0.05, 0) is 24.3 Å². The molecular formula is C15H9BrCl2O2. The normalized spacial score (nSPS) is 12.8. The van der Waals surface area contributed by atoms with Crippen molar-refractivity contribution in [3.63, 3.8) is 0 Å². The van der Waals surface area contributed by atoms with Crippen molar-refractivity contribution in [2.45, 2.75) is 6.10 Å². The van der Waals surface area contributed by atoms with Gasteiger partial charge in [0.05, 0.1) is 5.02 Å². The van der Waals surface area contributed by atoms with E-state index in [9.17, 15) is 5.11 Å². The van der Waals surface area contributed by atoms with Gasteiger partial charge in [0.25, 0.3) is 0 Å². The second-order valence-electron chi connectivity index (χ2n) is 4.38. The summed E-state index contributed by atoms with van der Waals surface area (Å²) in [6, 6.07) is 12.5. The van der Waals surface area contributed by atoms with Gasteiger partial charge in [-0.25, -0.2) is 0 Å². The van der Waals surface area contributed by atoms with Crippen LogP contribution in [0.15, 0.2) is 51.4 Å². The summed E-state index contributed by atoms with van der Waals surface area (Å²) in [5.74, 6) is 0.414. The molecule has 0 radical (unpaired) electrons. The smallest absolute Gasteiger partial charge is 0.153 e. The largest absolute Gasteiger partial charge is 0.456 e. The number of aliphatic hydroxyl groups excluding tert-OH is 1. The van der Waals surface area contributed by atoms with Gasteiger partial charge < -0.3 is 9.52 Å². The van der Waals surface area contributed by atoms with Gasteiger partial charge in [-0.15, -0.1) is 0 Å². The molecule has 0 aliphatic rings. The van der Waals surface area contributed by atoms with E-state index in [1.165, 1.54) is 0 Å². The van der Waals surface area contributed by atoms with Crippen molar-refractivity contribution in [3.8, 4) is 0 Å². The fraction of sp³-hybridized carbons (Fsp3) is 0.0667. The van der Waals surface area contributed by atoms with Crippen LogP contribution in [-0.4, -0.2) is 5.11 Å². The monoisotopic (exact) mass is 370 g/mol. The average molecular weight is 372 g/mol. The number of para-hydroxylation sites is 1. The molecule has 0 bridgehead atoms. The van der Waals surface area contributed by atoms with Crippen LogP contribution in [0.1, 0.15) is 17.4 Å². The van der Waals surface area contributed by atoms with Gasteiger partial charge in [0.15, 0.2) is 5.58 Å². The Morgan fingerprint density at radius 3 is 2.55 bits per heavy atom. The Hall–Kier alpha value is -1.000. The van der Waals surface area contributed by atoms with Crippen LogP contribution in [0.5, 0.6) is 0 Å². The molecule has 102 valence electrons. The van der Waals surface area contributed by atoms with E-state index in [4.69, 9.17) is 27.6 Å². The number of halogens is 3. The molecule has 2 nitrogen and oxygen atoms in total. The number of hydrogen-bond acceptors (Lipinski definition) is 2. The maximum atomic E-state index is 10.4. The Morgan fingerprint density at radius 1 is 1.05 bits per heavy atom. The molecule has 3 aromatic rings. The molecule has 0 aliphatic carbocycles. The lowest BCUT2D eigenvalue weighted by atomic mass is 10.1. The topological polar surface area (TPSA) is 33.4 Å². The molecule has 1 heterocycles. The molecule has 0 saturated heterocycles. The predicted molar refractivity (Wildman–Crippen MR) is 84.4 cm³/mol. The number of fused-ring (bicyclic) bond motifs is 1. The Labute approximate surface area is 134 Å². The summed E-state index contributed by atoms with van der Waals surface area (Å²) in [5, 5.41) is 12.3. The maximum absolute atomic E-state index is 10.4. The number of furan rings is 1. The first-order valence-corrected chi connectivity index (χ1v) is 7.42. The maximum Gasteiger partial charge on any atom is 0.153 e. The van der Waals surface area contributed by atoms with Crippen LogP contribution < -0.4 is 0 Å². The van der Waals surface area contributed by atoms with Crippen molar-refractivity contribution in [2.24, 2.45) is 0 Å². The standard InChI is InChI=1S/C15H9BrCl2O2/c16-9-4-5-10(12(18)7-9)14(19)13-6-8-2-1-3-11(17)15(8)20-13/h1-7,14,19H. The zero-order valence-corrected chi connectivity index (χ0v) is 13.2. The van der Waals surface area contributed by atoms with Crippen molar-refractivity contribution in [3.05, 3.63) is 68.3 Å². The Kier molecular flexibility index (Phi) is 3.78. The average Bonchev–Trinajstić information content (AvgIpc) is 2.83. The summed E-state index contributed by atoms with van der Waals surface area (Å²) in [5.41, 5.74) is 1.15. The molecular weight excluding hydrogens is 363 g/mol. The highest BCUT2D eigenvalue weighted by Crippen LogP contribution is 2.35. The van der Waals surface area contributed by atoms with E-state index in [1.54, 1.807) is 24.3 Å². The molecule has 0 fully saturated rings. The van der Waals surface area contributed by atoms with Crippen molar-refractivity contribution in [2.75, 3.05) is 0 Å². The summed E-state index contributed by atoms with van der Waals surface area (Å²) in [6.07, 6.45) is -0.931. The van der Waals surface area contributed by atoms with Gasteiger partial charge in [-0.3, -0.25) is 0 Å². The van der Waals surface area contributed by atoms with Crippen LogP contribution in [0.3, 0.4) is 0 Å². The summed E-state index contributed by atoms with van der Waals surface area (Å²) < 4.78 is 6.50. The minimum Gasteiger partial charge on any atom is -0.456 e. The summed E-state index contributed by atoms with van der Waals surface area (Å²) in [6.45, 7) is 0. The van der Waals surface area contributed by atoms with Crippen LogP contribution in [0.4, 0.5) is 0 Å². The molecule has 0 saturated carbocycles. The first-order chi connectivity index (χ1) is 9.56. The molecule has 1 aromatic heterocycles. The molecule has 2 aromatic carbocycles. The first-order valence-electron chi connectivity index (χ1n) is 5.87. The van der Waals surface area contributed by atoms with Crippen molar-refractivity contribution >= 4 is 50.1 Å². The van der Waals surface area contributed by atoms with E-state index in [-0.39, 0.29) is 0 Å². The van der Waals surface area contributed by atoms with Crippen LogP contribution >= 0.6 is 39.1 Å². The third kappa shape index (κ3) is 2.47. The van der Waals surface area contributed by atoms with Crippen molar-refractivity contribution in [1.29, 1.82) is 0 Å². The second-order valence-corrected chi connectivity index (χ2v) is 6.11. The minimum atomic E-state index is -0.931. The minimum absolute atomic E-state index is 0.414. The van der Waals surface area contributed by atoms with Gasteiger partial charge in [-0.2, -0.15) is 0 Å². The quantitative estimate of drug-likeness (QED) is 0.637. The Bertz CT molecular complexity index is 783. The lowest BCUT2D eigenvalue weighted by Gasteiger charge is -2.10. The van der Waals surface area contributed by atoms with Gasteiger partial charge in [-0.1, -0.05) is 57.3 Å². The summed E-state index contributed by atoms with van der Waals surface area (Å²) >= 11 is 15.5. The molecule has 1 atom stereocenters. The van der Waals surface area contributed by atoms with Crippen LogP contribution in [0, 0.1) is 0 Å². The molecule has 5 heteroatoms. The SMILES string of the molecule is OC(c1cc2cccc(Cl)c2o1)c1ccc(Br)cc1Cl. The van der Waals surface area contributed by atoms with E-state index < -0.39 is 6.10 Å². The zero-order chi connectivity index (χ0) is 14.3. The molecule has 20 heavy (non-hydrogen) atoms. The van der Waals surface area contributed by atoms with E-state index in [2.05, 4.69) is 15.9 Å². The highest BCUT2D eigenvalue weighted by Gasteiger charge is 2.19. The third-order valence-electron chi connectivity index (χ3n) is 3.04. The molecule has 1 unspecified atom stereocenters. The predicted octanol–water partition coefficient (Wildman–Crippen LogP) is 5.58. The van der Waals surface area contributed by atoms with Gasteiger partial charge in [0.2, 0.25) is 0 Å². The third-order valence-corrected chi connectivity index (χ3v) is 4.16. The molecule has 3 rings (SSSR count). The molecule has 1 N–H and O–H groups in total. The molecule has 0 spiro atoms. The van der Waals surface area contributed by atoms with Gasteiger partial charge >= 0.3 is 0 Å². The lowest BCUT2D eigenvalue weighted by Crippen LogP contribution is -1.98. The fourth-order valence-electron chi connectivity index (χ4n) is 2.06. The summed E-state index contributed by atoms with van der Waals surface area (Å²) in [4.78, 5) is 0. The van der Waals surface area contributed by atoms with Crippen LogP contribution in [-0.2, 0) is 0 Å². The zero-order valence-electron chi connectivity index (χ0n) is 10.1. The van der Waals surface area contributed by atoms with Crippen LogP contribution in [0.2, 0.25) is 10.0 Å². The number of hydrogen-bond donors (Lipinski definition) is 1. The lowest BCUT2D eigenvalue weighted by molar-refractivity contribution is 0.192. The van der Waals surface area contributed by atoms with Crippen molar-refractivity contribution < 1.29 is 9.52 Å². The number of aliphatic hydroxyl groups is 1. The summed E-state index contributed by atoms with van der Waals surface area (Å²) in [7, 11) is 0. The van der Waals surface area contributed by atoms with E-state index in [0.29, 0.717) is 27.0 Å². The van der Waals surface area contributed by atoms with E-state index in [0.717, 1.165) is 9.86 Å². The van der Waals surface area contributed by atoms with E-state index >= 15 is 0 Å². The molecule has 0 aliphatic heterocycles. The van der Waals surface area contributed by atoms with Crippen LogP contribution in [0.25, 0.3) is 11.0 Å². The highest BCUT2D eigenvalue weighted by molar-refractivity contribution is 9.10. The second kappa shape index (κ2) is 5.41. The number of benzene rings is 2.